The van der Waals surface area contributed by atoms with Gasteiger partial charge in [0.2, 0.25) is 0 Å². The van der Waals surface area contributed by atoms with E-state index >= 15 is 0 Å². The third kappa shape index (κ3) is 2.71. The summed E-state index contributed by atoms with van der Waals surface area (Å²) in [5.41, 5.74) is 2.34. The van der Waals surface area contributed by atoms with Crippen molar-refractivity contribution in [3.63, 3.8) is 0 Å². The van der Waals surface area contributed by atoms with Crippen LogP contribution in [-0.2, 0) is 0 Å². The van der Waals surface area contributed by atoms with Crippen molar-refractivity contribution in [2.75, 3.05) is 5.75 Å². The number of hydrogen-bond acceptors (Lipinski definition) is 3. The quantitative estimate of drug-likeness (QED) is 0.881. The molecular formula is C13H21N3OS. The Bertz CT molecular complexity index is 410. The summed E-state index contributed by atoms with van der Waals surface area (Å²) >= 11 is 1.96. The molecule has 1 aliphatic rings. The maximum atomic E-state index is 12.3. The smallest absolute Gasteiger partial charge is 0.255 e. The molecule has 2 rings (SSSR count). The van der Waals surface area contributed by atoms with Gasteiger partial charge in [0.1, 0.15) is 0 Å². The average molecular weight is 267 g/mol. The standard InChI is InChI=1S/C13H21N3OS/c1-4-18-11-7-5-6-10(11)14-13(17)12-8(2)15-16-9(12)3/h10-11H,4-7H2,1-3H3,(H,14,17)(H,15,16). The minimum atomic E-state index is 0.0207. The number of carbonyl (C=O) groups is 1. The van der Waals surface area contributed by atoms with E-state index in [0.29, 0.717) is 16.9 Å². The summed E-state index contributed by atoms with van der Waals surface area (Å²) < 4.78 is 0. The van der Waals surface area contributed by atoms with Crippen LogP contribution in [0.5, 0.6) is 0 Å². The van der Waals surface area contributed by atoms with Crippen LogP contribution >= 0.6 is 11.8 Å². The van der Waals surface area contributed by atoms with Gasteiger partial charge < -0.3 is 5.32 Å². The molecule has 4 nitrogen and oxygen atoms in total. The van der Waals surface area contributed by atoms with Gasteiger partial charge >= 0.3 is 0 Å². The van der Waals surface area contributed by atoms with E-state index in [1.54, 1.807) is 0 Å². The topological polar surface area (TPSA) is 57.8 Å². The Balaban J connectivity index is 2.03. The monoisotopic (exact) mass is 267 g/mol. The summed E-state index contributed by atoms with van der Waals surface area (Å²) in [6.45, 7) is 5.93. The normalized spacial score (nSPS) is 23.3. The minimum Gasteiger partial charge on any atom is -0.348 e. The first-order chi connectivity index (χ1) is 8.63. The Morgan fingerprint density at radius 3 is 2.89 bits per heavy atom. The lowest BCUT2D eigenvalue weighted by atomic mass is 10.1. The number of nitrogens with zero attached hydrogens (tertiary/aromatic N) is 1. The first-order valence-corrected chi connectivity index (χ1v) is 7.62. The number of rotatable bonds is 4. The number of nitrogens with one attached hydrogen (secondary N) is 2. The highest BCUT2D eigenvalue weighted by molar-refractivity contribution is 7.99. The highest BCUT2D eigenvalue weighted by Gasteiger charge is 2.29. The van der Waals surface area contributed by atoms with Crippen LogP contribution in [0.15, 0.2) is 0 Å². The zero-order chi connectivity index (χ0) is 13.1. The lowest BCUT2D eigenvalue weighted by Gasteiger charge is -2.20. The van der Waals surface area contributed by atoms with Gasteiger partial charge in [-0.05, 0) is 32.4 Å². The van der Waals surface area contributed by atoms with Crippen molar-refractivity contribution in [2.24, 2.45) is 0 Å². The Kier molecular flexibility index (Phi) is 4.32. The third-order valence-corrected chi connectivity index (χ3v) is 4.83. The predicted molar refractivity (Wildman–Crippen MR) is 75.1 cm³/mol. The largest absolute Gasteiger partial charge is 0.348 e. The van der Waals surface area contributed by atoms with Crippen LogP contribution in [0.4, 0.5) is 0 Å². The van der Waals surface area contributed by atoms with Gasteiger partial charge in [0.25, 0.3) is 5.91 Å². The van der Waals surface area contributed by atoms with Crippen LogP contribution in [0, 0.1) is 13.8 Å². The Morgan fingerprint density at radius 2 is 2.28 bits per heavy atom. The molecule has 100 valence electrons. The van der Waals surface area contributed by atoms with Crippen molar-refractivity contribution >= 4 is 17.7 Å². The number of aryl methyl sites for hydroxylation is 2. The molecule has 1 heterocycles. The third-order valence-electron chi connectivity index (χ3n) is 3.50. The summed E-state index contributed by atoms with van der Waals surface area (Å²) in [5, 5.41) is 10.7. The van der Waals surface area contributed by atoms with Crippen molar-refractivity contribution in [2.45, 2.75) is 51.3 Å². The second-order valence-corrected chi connectivity index (χ2v) is 6.33. The summed E-state index contributed by atoms with van der Waals surface area (Å²) in [7, 11) is 0. The SMILES string of the molecule is CCSC1CCCC1NC(=O)c1c(C)n[nH]c1C. The van der Waals surface area contributed by atoms with E-state index < -0.39 is 0 Å². The van der Waals surface area contributed by atoms with Crippen LogP contribution in [0.3, 0.4) is 0 Å². The van der Waals surface area contributed by atoms with E-state index in [2.05, 4.69) is 22.4 Å². The molecule has 0 aromatic carbocycles. The second kappa shape index (κ2) is 5.78. The fraction of sp³-hybridized carbons (Fsp3) is 0.692. The predicted octanol–water partition coefficient (Wildman–Crippen LogP) is 2.43. The number of carbonyl (C=O) groups excluding carboxylic acids is 1. The van der Waals surface area contributed by atoms with E-state index in [9.17, 15) is 4.79 Å². The van der Waals surface area contributed by atoms with Crippen molar-refractivity contribution in [3.8, 4) is 0 Å². The first kappa shape index (κ1) is 13.5. The highest BCUT2D eigenvalue weighted by Crippen LogP contribution is 2.30. The molecule has 0 aliphatic heterocycles. The summed E-state index contributed by atoms with van der Waals surface area (Å²) in [6, 6.07) is 0.316. The van der Waals surface area contributed by atoms with Crippen LogP contribution in [-0.4, -0.2) is 33.1 Å². The van der Waals surface area contributed by atoms with Crippen molar-refractivity contribution in [3.05, 3.63) is 17.0 Å². The van der Waals surface area contributed by atoms with Crippen molar-refractivity contribution in [1.82, 2.24) is 15.5 Å². The number of amides is 1. The van der Waals surface area contributed by atoms with E-state index in [0.717, 1.165) is 23.6 Å². The summed E-state index contributed by atoms with van der Waals surface area (Å²) in [6.07, 6.45) is 3.53. The number of thioether (sulfide) groups is 1. The van der Waals surface area contributed by atoms with Crippen molar-refractivity contribution in [1.29, 1.82) is 0 Å². The molecule has 1 fully saturated rings. The van der Waals surface area contributed by atoms with Crippen molar-refractivity contribution < 1.29 is 4.79 Å². The molecule has 1 amide bonds. The van der Waals surface area contributed by atoms with Gasteiger partial charge in [-0.25, -0.2) is 0 Å². The van der Waals surface area contributed by atoms with Crippen LogP contribution < -0.4 is 5.32 Å². The molecule has 1 aliphatic carbocycles. The number of hydrogen-bond donors (Lipinski definition) is 2. The van der Waals surface area contributed by atoms with E-state index in [1.165, 1.54) is 12.8 Å². The molecule has 0 spiro atoms. The summed E-state index contributed by atoms with van der Waals surface area (Å²) in [5.74, 6) is 1.13. The molecule has 2 unspecified atom stereocenters. The van der Waals surface area contributed by atoms with E-state index in [4.69, 9.17) is 0 Å². The molecule has 2 N–H and O–H groups in total. The van der Waals surface area contributed by atoms with Gasteiger partial charge in [0.05, 0.1) is 11.3 Å². The van der Waals surface area contributed by atoms with E-state index in [-0.39, 0.29) is 5.91 Å². The second-order valence-electron chi connectivity index (χ2n) is 4.81. The first-order valence-electron chi connectivity index (χ1n) is 6.57. The zero-order valence-electron chi connectivity index (χ0n) is 11.2. The number of H-pyrrole nitrogens is 1. The molecule has 18 heavy (non-hydrogen) atoms. The Hall–Kier alpha value is -0.970. The van der Waals surface area contributed by atoms with Gasteiger partial charge in [-0.3, -0.25) is 9.89 Å². The summed E-state index contributed by atoms with van der Waals surface area (Å²) in [4.78, 5) is 12.3. The highest BCUT2D eigenvalue weighted by atomic mass is 32.2. The maximum Gasteiger partial charge on any atom is 0.255 e. The fourth-order valence-corrected chi connectivity index (χ4v) is 3.83. The van der Waals surface area contributed by atoms with Gasteiger partial charge in [-0.2, -0.15) is 16.9 Å². The molecule has 0 bridgehead atoms. The molecule has 0 radical (unpaired) electrons. The van der Waals surface area contributed by atoms with Gasteiger partial charge in [0.15, 0.2) is 0 Å². The maximum absolute atomic E-state index is 12.3. The average Bonchev–Trinajstić information content (AvgIpc) is 2.87. The van der Waals surface area contributed by atoms with Crippen LogP contribution in [0.1, 0.15) is 47.9 Å². The lowest BCUT2D eigenvalue weighted by molar-refractivity contribution is 0.0937. The zero-order valence-corrected chi connectivity index (χ0v) is 12.1. The molecule has 1 saturated carbocycles. The molecule has 5 heteroatoms. The van der Waals surface area contributed by atoms with Crippen LogP contribution in [0.2, 0.25) is 0 Å². The number of aromatic nitrogens is 2. The van der Waals surface area contributed by atoms with Gasteiger partial charge in [-0.1, -0.05) is 13.3 Å². The fourth-order valence-electron chi connectivity index (χ4n) is 2.63. The molecule has 1 aromatic heterocycles. The van der Waals surface area contributed by atoms with E-state index in [1.807, 2.05) is 25.6 Å². The Labute approximate surface area is 112 Å². The molecular weight excluding hydrogens is 246 g/mol. The minimum absolute atomic E-state index is 0.0207. The van der Waals surface area contributed by atoms with Gasteiger partial charge in [-0.15, -0.1) is 0 Å². The number of aromatic amines is 1. The Morgan fingerprint density at radius 1 is 1.50 bits per heavy atom. The lowest BCUT2D eigenvalue weighted by Crippen LogP contribution is -2.39. The molecule has 1 aromatic rings. The van der Waals surface area contributed by atoms with Gasteiger partial charge in [0, 0.05) is 17.0 Å². The molecule has 0 saturated heterocycles. The molecule has 2 atom stereocenters. The van der Waals surface area contributed by atoms with Crippen LogP contribution in [0.25, 0.3) is 0 Å².